The van der Waals surface area contributed by atoms with Crippen molar-refractivity contribution in [3.8, 4) is 0 Å². The molecular weight excluding hydrogens is 152 g/mol. The van der Waals surface area contributed by atoms with E-state index in [1.54, 1.807) is 0 Å². The first-order chi connectivity index (χ1) is 5.86. The van der Waals surface area contributed by atoms with E-state index in [1.807, 2.05) is 5.01 Å². The highest BCUT2D eigenvalue weighted by Crippen LogP contribution is 2.27. The molecule has 12 heavy (non-hydrogen) atoms. The summed E-state index contributed by atoms with van der Waals surface area (Å²) < 4.78 is 0. The predicted octanol–water partition coefficient (Wildman–Crippen LogP) is 0.913. The largest absolute Gasteiger partial charge is 0.278 e. The lowest BCUT2D eigenvalue weighted by Crippen LogP contribution is -2.49. The molecule has 0 aromatic heterocycles. The van der Waals surface area contributed by atoms with E-state index in [2.05, 4.69) is 5.43 Å². The van der Waals surface area contributed by atoms with Crippen LogP contribution in [0.4, 0.5) is 0 Å². The molecule has 1 aliphatic carbocycles. The van der Waals surface area contributed by atoms with Gasteiger partial charge in [0.25, 0.3) is 0 Å². The van der Waals surface area contributed by atoms with Crippen LogP contribution in [0.1, 0.15) is 32.1 Å². The molecule has 0 aromatic carbocycles. The first-order valence-corrected chi connectivity index (χ1v) is 4.90. The molecule has 2 rings (SSSR count). The zero-order valence-electron chi connectivity index (χ0n) is 7.38. The Morgan fingerprint density at radius 2 is 2.25 bits per heavy atom. The molecule has 0 atom stereocenters. The van der Waals surface area contributed by atoms with Crippen LogP contribution < -0.4 is 5.43 Å². The average molecular weight is 168 g/mol. The zero-order valence-corrected chi connectivity index (χ0v) is 7.38. The Morgan fingerprint density at radius 1 is 1.42 bits per heavy atom. The number of hydrazine groups is 1. The van der Waals surface area contributed by atoms with Crippen LogP contribution in [0.3, 0.4) is 0 Å². The fraction of sp³-hybridized carbons (Fsp3) is 0.889. The van der Waals surface area contributed by atoms with Crippen LogP contribution in [0, 0.1) is 5.92 Å². The highest BCUT2D eigenvalue weighted by molar-refractivity contribution is 5.76. The Hall–Kier alpha value is -0.570. The molecule has 1 aliphatic heterocycles. The third kappa shape index (κ3) is 1.61. The van der Waals surface area contributed by atoms with Crippen molar-refractivity contribution in [1.82, 2.24) is 10.4 Å². The molecule has 3 heteroatoms. The predicted molar refractivity (Wildman–Crippen MR) is 46.3 cm³/mol. The third-order valence-electron chi connectivity index (χ3n) is 2.84. The minimum atomic E-state index is 0.285. The van der Waals surface area contributed by atoms with Gasteiger partial charge in [0.2, 0.25) is 5.91 Å². The summed E-state index contributed by atoms with van der Waals surface area (Å²) >= 11 is 0. The van der Waals surface area contributed by atoms with Gasteiger partial charge in [0, 0.05) is 19.5 Å². The lowest BCUT2D eigenvalue weighted by atomic mass is 9.85. The number of amides is 1. The molecule has 0 spiro atoms. The van der Waals surface area contributed by atoms with E-state index in [9.17, 15) is 4.79 Å². The summed E-state index contributed by atoms with van der Waals surface area (Å²) in [5.41, 5.74) is 3.15. The van der Waals surface area contributed by atoms with Gasteiger partial charge in [-0.25, -0.2) is 5.43 Å². The fourth-order valence-corrected chi connectivity index (χ4v) is 1.78. The second-order valence-corrected chi connectivity index (χ2v) is 3.81. The van der Waals surface area contributed by atoms with Gasteiger partial charge in [0.15, 0.2) is 0 Å². The van der Waals surface area contributed by atoms with Crippen LogP contribution in [0.2, 0.25) is 0 Å². The molecule has 3 nitrogen and oxygen atoms in total. The van der Waals surface area contributed by atoms with Crippen molar-refractivity contribution in [3.05, 3.63) is 0 Å². The van der Waals surface area contributed by atoms with Crippen LogP contribution in [0.25, 0.3) is 0 Å². The lowest BCUT2D eigenvalue weighted by Gasteiger charge is -2.34. The second-order valence-electron chi connectivity index (χ2n) is 3.81. The van der Waals surface area contributed by atoms with Crippen LogP contribution in [-0.4, -0.2) is 24.0 Å². The van der Waals surface area contributed by atoms with Crippen LogP contribution in [0.5, 0.6) is 0 Å². The average Bonchev–Trinajstić information content (AvgIpc) is 2.00. The molecule has 0 bridgehead atoms. The summed E-state index contributed by atoms with van der Waals surface area (Å²) in [4.78, 5) is 11.3. The zero-order chi connectivity index (χ0) is 8.39. The number of hydrogen-bond donors (Lipinski definition) is 1. The van der Waals surface area contributed by atoms with Gasteiger partial charge in [-0.2, -0.15) is 0 Å². The SMILES string of the molecule is O=C1CCCNN1CC1CCC1. The first kappa shape index (κ1) is 8.05. The van der Waals surface area contributed by atoms with Gasteiger partial charge < -0.3 is 0 Å². The van der Waals surface area contributed by atoms with Crippen molar-refractivity contribution < 1.29 is 4.79 Å². The number of hydrogen-bond acceptors (Lipinski definition) is 2. The van der Waals surface area contributed by atoms with Crippen molar-refractivity contribution in [3.63, 3.8) is 0 Å². The number of nitrogens with one attached hydrogen (secondary N) is 1. The van der Waals surface area contributed by atoms with Crippen LogP contribution in [-0.2, 0) is 4.79 Å². The molecule has 1 amide bonds. The maximum absolute atomic E-state index is 11.3. The highest BCUT2D eigenvalue weighted by Gasteiger charge is 2.24. The third-order valence-corrected chi connectivity index (χ3v) is 2.84. The van der Waals surface area contributed by atoms with E-state index in [4.69, 9.17) is 0 Å². The molecular formula is C9H16N2O. The Labute approximate surface area is 73.1 Å². The van der Waals surface area contributed by atoms with Gasteiger partial charge in [-0.15, -0.1) is 0 Å². The molecule has 1 N–H and O–H groups in total. The molecule has 0 unspecified atom stereocenters. The second kappa shape index (κ2) is 3.44. The van der Waals surface area contributed by atoms with Gasteiger partial charge in [0.1, 0.15) is 0 Å². The minimum absolute atomic E-state index is 0.285. The molecule has 0 radical (unpaired) electrons. The Bertz CT molecular complexity index is 177. The van der Waals surface area contributed by atoms with Gasteiger partial charge in [-0.1, -0.05) is 6.42 Å². The summed E-state index contributed by atoms with van der Waals surface area (Å²) in [6.07, 6.45) is 5.71. The Balaban J connectivity index is 1.80. The molecule has 1 saturated heterocycles. The lowest BCUT2D eigenvalue weighted by molar-refractivity contribution is -0.138. The number of carbonyl (C=O) groups excluding carboxylic acids is 1. The molecule has 68 valence electrons. The van der Waals surface area contributed by atoms with Crippen molar-refractivity contribution in [2.24, 2.45) is 5.92 Å². The fourth-order valence-electron chi connectivity index (χ4n) is 1.78. The topological polar surface area (TPSA) is 32.3 Å². The normalized spacial score (nSPS) is 25.7. The number of carbonyl (C=O) groups is 1. The van der Waals surface area contributed by atoms with Crippen molar-refractivity contribution in [1.29, 1.82) is 0 Å². The Kier molecular flexibility index (Phi) is 2.30. The first-order valence-electron chi connectivity index (χ1n) is 4.90. The molecule has 2 fully saturated rings. The van der Waals surface area contributed by atoms with E-state index in [0.717, 1.165) is 31.8 Å². The van der Waals surface area contributed by atoms with Crippen LogP contribution >= 0.6 is 0 Å². The van der Waals surface area contributed by atoms with Crippen molar-refractivity contribution in [2.45, 2.75) is 32.1 Å². The smallest absolute Gasteiger partial charge is 0.236 e. The monoisotopic (exact) mass is 168 g/mol. The minimum Gasteiger partial charge on any atom is -0.278 e. The van der Waals surface area contributed by atoms with E-state index in [-0.39, 0.29) is 5.91 Å². The van der Waals surface area contributed by atoms with E-state index < -0.39 is 0 Å². The van der Waals surface area contributed by atoms with Crippen molar-refractivity contribution in [2.75, 3.05) is 13.1 Å². The van der Waals surface area contributed by atoms with E-state index in [1.165, 1.54) is 19.3 Å². The number of nitrogens with zero attached hydrogens (tertiary/aromatic N) is 1. The van der Waals surface area contributed by atoms with Gasteiger partial charge in [-0.3, -0.25) is 9.80 Å². The molecule has 1 heterocycles. The van der Waals surface area contributed by atoms with Crippen LogP contribution in [0.15, 0.2) is 0 Å². The maximum Gasteiger partial charge on any atom is 0.236 e. The Morgan fingerprint density at radius 3 is 2.83 bits per heavy atom. The highest BCUT2D eigenvalue weighted by atomic mass is 16.2. The van der Waals surface area contributed by atoms with Gasteiger partial charge in [-0.05, 0) is 25.2 Å². The maximum atomic E-state index is 11.3. The quantitative estimate of drug-likeness (QED) is 0.664. The molecule has 0 aromatic rings. The van der Waals surface area contributed by atoms with Gasteiger partial charge in [0.05, 0.1) is 0 Å². The summed E-state index contributed by atoms with van der Waals surface area (Å²) in [6.45, 7) is 1.91. The van der Waals surface area contributed by atoms with E-state index in [0.29, 0.717) is 0 Å². The van der Waals surface area contributed by atoms with Crippen molar-refractivity contribution >= 4 is 5.91 Å². The summed E-state index contributed by atoms with van der Waals surface area (Å²) in [5.74, 6) is 1.06. The number of rotatable bonds is 2. The van der Waals surface area contributed by atoms with Gasteiger partial charge >= 0.3 is 0 Å². The summed E-state index contributed by atoms with van der Waals surface area (Å²) in [5, 5.41) is 1.83. The summed E-state index contributed by atoms with van der Waals surface area (Å²) in [6, 6.07) is 0. The molecule has 1 saturated carbocycles. The van der Waals surface area contributed by atoms with E-state index >= 15 is 0 Å². The molecule has 2 aliphatic rings. The standard InChI is InChI=1S/C9H16N2O/c12-9-5-2-6-10-11(9)7-8-3-1-4-8/h8,10H,1-7H2. The summed E-state index contributed by atoms with van der Waals surface area (Å²) in [7, 11) is 0.